The van der Waals surface area contributed by atoms with Crippen LogP contribution in [0.15, 0.2) is 18.2 Å². The monoisotopic (exact) mass is 225 g/mol. The van der Waals surface area contributed by atoms with Crippen LogP contribution in [0.2, 0.25) is 0 Å². The van der Waals surface area contributed by atoms with Gasteiger partial charge in [-0.2, -0.15) is 0 Å². The summed E-state index contributed by atoms with van der Waals surface area (Å²) in [5, 5.41) is 12.1. The van der Waals surface area contributed by atoms with Crippen molar-refractivity contribution < 1.29 is 14.6 Å². The molecule has 1 aromatic rings. The highest BCUT2D eigenvalue weighted by Crippen LogP contribution is 2.27. The molecule has 0 heterocycles. The minimum atomic E-state index is 0.0908. The highest BCUT2D eigenvalue weighted by Gasteiger charge is 2.05. The van der Waals surface area contributed by atoms with Crippen molar-refractivity contribution in [2.24, 2.45) is 0 Å². The molecule has 4 heteroatoms. The average Bonchev–Trinajstić information content (AvgIpc) is 2.35. The number of rotatable bonds is 6. The highest BCUT2D eigenvalue weighted by molar-refractivity contribution is 5.42. The van der Waals surface area contributed by atoms with E-state index in [4.69, 9.17) is 14.6 Å². The molecule has 0 aliphatic rings. The Morgan fingerprint density at radius 2 is 1.94 bits per heavy atom. The molecule has 1 unspecified atom stereocenters. The lowest BCUT2D eigenvalue weighted by atomic mass is 10.2. The van der Waals surface area contributed by atoms with E-state index in [2.05, 4.69) is 5.32 Å². The van der Waals surface area contributed by atoms with E-state index in [0.717, 1.165) is 17.1 Å². The second-order valence-electron chi connectivity index (χ2n) is 3.65. The van der Waals surface area contributed by atoms with Crippen LogP contribution >= 0.6 is 0 Å². The zero-order valence-corrected chi connectivity index (χ0v) is 9.99. The highest BCUT2D eigenvalue weighted by atomic mass is 16.5. The lowest BCUT2D eigenvalue weighted by Crippen LogP contribution is -2.28. The molecule has 0 aliphatic carbocycles. The van der Waals surface area contributed by atoms with Crippen LogP contribution in [0.1, 0.15) is 12.5 Å². The van der Waals surface area contributed by atoms with Gasteiger partial charge in [0, 0.05) is 12.6 Å². The van der Waals surface area contributed by atoms with Crippen molar-refractivity contribution in [3.05, 3.63) is 23.8 Å². The van der Waals surface area contributed by atoms with Gasteiger partial charge in [-0.05, 0) is 24.6 Å². The summed E-state index contributed by atoms with van der Waals surface area (Å²) in [7, 11) is 3.23. The molecule has 0 saturated carbocycles. The first-order chi connectivity index (χ1) is 7.71. The molecule has 0 saturated heterocycles. The molecular formula is C12H19NO3. The van der Waals surface area contributed by atoms with Crippen LogP contribution in [0, 0.1) is 0 Å². The molecule has 0 radical (unpaired) electrons. The molecule has 1 atom stereocenters. The third kappa shape index (κ3) is 3.40. The van der Waals surface area contributed by atoms with Gasteiger partial charge in [0.25, 0.3) is 0 Å². The minimum absolute atomic E-state index is 0.0908. The van der Waals surface area contributed by atoms with E-state index in [0.29, 0.717) is 6.54 Å². The second-order valence-corrected chi connectivity index (χ2v) is 3.65. The van der Waals surface area contributed by atoms with E-state index in [1.807, 2.05) is 25.1 Å². The normalized spacial score (nSPS) is 12.2. The lowest BCUT2D eigenvalue weighted by Gasteiger charge is -2.12. The number of benzene rings is 1. The largest absolute Gasteiger partial charge is 0.493 e. The van der Waals surface area contributed by atoms with Gasteiger partial charge in [0.05, 0.1) is 20.8 Å². The molecule has 4 nitrogen and oxygen atoms in total. The number of aliphatic hydroxyl groups is 1. The summed E-state index contributed by atoms with van der Waals surface area (Å²) in [5.74, 6) is 1.44. The molecule has 0 amide bonds. The number of methoxy groups -OCH3 is 2. The first-order valence-electron chi connectivity index (χ1n) is 5.26. The van der Waals surface area contributed by atoms with E-state index in [1.165, 1.54) is 0 Å². The van der Waals surface area contributed by atoms with Crippen molar-refractivity contribution in [3.63, 3.8) is 0 Å². The quantitative estimate of drug-likeness (QED) is 0.763. The van der Waals surface area contributed by atoms with Crippen LogP contribution in [0.3, 0.4) is 0 Å². The number of ether oxygens (including phenoxy) is 2. The molecule has 0 fully saturated rings. The third-order valence-electron chi connectivity index (χ3n) is 2.38. The van der Waals surface area contributed by atoms with Gasteiger partial charge in [-0.25, -0.2) is 0 Å². The molecule has 2 N–H and O–H groups in total. The SMILES string of the molecule is COc1ccc(CNC(C)CO)cc1OC. The van der Waals surface area contributed by atoms with Gasteiger partial charge in [0.1, 0.15) is 0 Å². The summed E-state index contributed by atoms with van der Waals surface area (Å²) < 4.78 is 10.4. The maximum atomic E-state index is 8.89. The Balaban J connectivity index is 2.67. The van der Waals surface area contributed by atoms with E-state index < -0.39 is 0 Å². The zero-order chi connectivity index (χ0) is 12.0. The predicted octanol–water partition coefficient (Wildman–Crippen LogP) is 1.17. The Labute approximate surface area is 96.2 Å². The van der Waals surface area contributed by atoms with Crippen LogP contribution in [0.5, 0.6) is 11.5 Å². The molecule has 1 rings (SSSR count). The predicted molar refractivity (Wildman–Crippen MR) is 62.9 cm³/mol. The Morgan fingerprint density at radius 1 is 1.25 bits per heavy atom. The fourth-order valence-corrected chi connectivity index (χ4v) is 1.35. The van der Waals surface area contributed by atoms with Crippen molar-refractivity contribution in [1.82, 2.24) is 5.32 Å². The van der Waals surface area contributed by atoms with Gasteiger partial charge < -0.3 is 19.9 Å². The van der Waals surface area contributed by atoms with Crippen molar-refractivity contribution >= 4 is 0 Å². The summed E-state index contributed by atoms with van der Waals surface area (Å²) in [6.45, 7) is 2.76. The Bertz CT molecular complexity index is 328. The molecular weight excluding hydrogens is 206 g/mol. The number of nitrogens with one attached hydrogen (secondary N) is 1. The molecule has 90 valence electrons. The second kappa shape index (κ2) is 6.35. The molecule has 0 aromatic heterocycles. The van der Waals surface area contributed by atoms with Crippen molar-refractivity contribution in [3.8, 4) is 11.5 Å². The number of hydrogen-bond donors (Lipinski definition) is 2. The summed E-state index contributed by atoms with van der Waals surface area (Å²) in [6, 6.07) is 5.86. The number of hydrogen-bond acceptors (Lipinski definition) is 4. The maximum absolute atomic E-state index is 8.89. The molecule has 0 spiro atoms. The Hall–Kier alpha value is -1.26. The molecule has 16 heavy (non-hydrogen) atoms. The van der Waals surface area contributed by atoms with Gasteiger partial charge in [0.15, 0.2) is 11.5 Å². The average molecular weight is 225 g/mol. The molecule has 0 aliphatic heterocycles. The van der Waals surface area contributed by atoms with Crippen LogP contribution in [0.4, 0.5) is 0 Å². The van der Waals surface area contributed by atoms with Gasteiger partial charge in [-0.1, -0.05) is 6.07 Å². The minimum Gasteiger partial charge on any atom is -0.493 e. The van der Waals surface area contributed by atoms with Crippen LogP contribution in [-0.2, 0) is 6.54 Å². The smallest absolute Gasteiger partial charge is 0.161 e. The van der Waals surface area contributed by atoms with Crippen molar-refractivity contribution in [1.29, 1.82) is 0 Å². The fourth-order valence-electron chi connectivity index (χ4n) is 1.35. The topological polar surface area (TPSA) is 50.7 Å². The van der Waals surface area contributed by atoms with E-state index >= 15 is 0 Å². The summed E-state index contributed by atoms with van der Waals surface area (Å²) >= 11 is 0. The van der Waals surface area contributed by atoms with Crippen molar-refractivity contribution in [2.75, 3.05) is 20.8 Å². The Kier molecular flexibility index (Phi) is 5.08. The number of aliphatic hydroxyl groups excluding tert-OH is 1. The standard InChI is InChI=1S/C12H19NO3/c1-9(8-14)13-7-10-4-5-11(15-2)12(6-10)16-3/h4-6,9,13-14H,7-8H2,1-3H3. The van der Waals surface area contributed by atoms with Crippen molar-refractivity contribution in [2.45, 2.75) is 19.5 Å². The summed E-state index contributed by atoms with van der Waals surface area (Å²) in [4.78, 5) is 0. The third-order valence-corrected chi connectivity index (χ3v) is 2.38. The van der Waals surface area contributed by atoms with Gasteiger partial charge in [-0.3, -0.25) is 0 Å². The first kappa shape index (κ1) is 12.8. The van der Waals surface area contributed by atoms with Gasteiger partial charge in [-0.15, -0.1) is 0 Å². The molecule has 1 aromatic carbocycles. The van der Waals surface area contributed by atoms with E-state index in [1.54, 1.807) is 14.2 Å². The van der Waals surface area contributed by atoms with Crippen LogP contribution in [-0.4, -0.2) is 32.0 Å². The summed E-state index contributed by atoms with van der Waals surface area (Å²) in [5.41, 5.74) is 1.10. The summed E-state index contributed by atoms with van der Waals surface area (Å²) in [6.07, 6.45) is 0. The van der Waals surface area contributed by atoms with E-state index in [-0.39, 0.29) is 12.6 Å². The fraction of sp³-hybridized carbons (Fsp3) is 0.500. The van der Waals surface area contributed by atoms with Gasteiger partial charge >= 0.3 is 0 Å². The first-order valence-corrected chi connectivity index (χ1v) is 5.26. The van der Waals surface area contributed by atoms with Crippen LogP contribution in [0.25, 0.3) is 0 Å². The molecule has 0 bridgehead atoms. The zero-order valence-electron chi connectivity index (χ0n) is 9.99. The van der Waals surface area contributed by atoms with Crippen LogP contribution < -0.4 is 14.8 Å². The Morgan fingerprint density at radius 3 is 2.50 bits per heavy atom. The van der Waals surface area contributed by atoms with Gasteiger partial charge in [0.2, 0.25) is 0 Å². The maximum Gasteiger partial charge on any atom is 0.161 e. The van der Waals surface area contributed by atoms with E-state index in [9.17, 15) is 0 Å². The lowest BCUT2D eigenvalue weighted by molar-refractivity contribution is 0.251.